The van der Waals surface area contributed by atoms with Crippen LogP contribution in [0.1, 0.15) is 36.7 Å². The molecule has 0 saturated carbocycles. The summed E-state index contributed by atoms with van der Waals surface area (Å²) in [6, 6.07) is 2.12. The van der Waals surface area contributed by atoms with Crippen LogP contribution in [0.25, 0.3) is 0 Å². The van der Waals surface area contributed by atoms with Gasteiger partial charge in [-0.05, 0) is 39.0 Å². The molecule has 1 N–H and O–H groups in total. The second-order valence-electron chi connectivity index (χ2n) is 4.73. The Morgan fingerprint density at radius 2 is 1.78 bits per heavy atom. The first-order valence-corrected chi connectivity index (χ1v) is 5.14. The maximum absolute atomic E-state index is 12.3. The number of hydrogen-bond donors (Lipinski definition) is 1. The van der Waals surface area contributed by atoms with E-state index >= 15 is 0 Å². The molecule has 0 aliphatic heterocycles. The minimum Gasteiger partial charge on any atom is -0.507 e. The number of carbonyl (C=O) groups excluding carboxylic acids is 1. The van der Waals surface area contributed by atoms with Gasteiger partial charge in [0.15, 0.2) is 0 Å². The van der Waals surface area contributed by atoms with Crippen LogP contribution < -0.4 is 0 Å². The zero-order chi connectivity index (χ0) is 14.1. The van der Waals surface area contributed by atoms with Gasteiger partial charge in [0, 0.05) is 0 Å². The Labute approximate surface area is 102 Å². The lowest BCUT2D eigenvalue weighted by atomic mass is 10.1. The summed E-state index contributed by atoms with van der Waals surface area (Å²) in [6.45, 7) is 4.85. The fraction of sp³-hybridized carbons (Fsp3) is 0.417. The van der Waals surface area contributed by atoms with Crippen molar-refractivity contribution in [2.24, 2.45) is 0 Å². The van der Waals surface area contributed by atoms with Crippen molar-refractivity contribution in [3.05, 3.63) is 29.3 Å². The van der Waals surface area contributed by atoms with Crippen molar-refractivity contribution < 1.29 is 27.8 Å². The molecule has 1 aromatic rings. The van der Waals surface area contributed by atoms with Gasteiger partial charge in [0.1, 0.15) is 16.9 Å². The molecule has 0 spiro atoms. The Kier molecular flexibility index (Phi) is 3.59. The maximum Gasteiger partial charge on any atom is 0.416 e. The van der Waals surface area contributed by atoms with Gasteiger partial charge in [-0.3, -0.25) is 0 Å². The molecule has 0 fully saturated rings. The number of phenolic OH excluding ortho intramolecular Hbond substituents is 1. The lowest BCUT2D eigenvalue weighted by Crippen LogP contribution is -2.24. The summed E-state index contributed by atoms with van der Waals surface area (Å²) in [7, 11) is 0. The van der Waals surface area contributed by atoms with Gasteiger partial charge >= 0.3 is 12.1 Å². The average Bonchev–Trinajstić information content (AvgIpc) is 2.12. The molecular weight excluding hydrogens is 249 g/mol. The van der Waals surface area contributed by atoms with E-state index in [9.17, 15) is 23.1 Å². The Morgan fingerprint density at radius 1 is 1.22 bits per heavy atom. The zero-order valence-corrected chi connectivity index (χ0v) is 10.1. The molecular formula is C12H13F3O3. The molecule has 0 aromatic heterocycles. The molecule has 0 bridgehead atoms. The summed E-state index contributed by atoms with van der Waals surface area (Å²) >= 11 is 0. The molecule has 18 heavy (non-hydrogen) atoms. The molecule has 1 rings (SSSR count). The number of ether oxygens (including phenoxy) is 1. The molecule has 0 atom stereocenters. The summed E-state index contributed by atoms with van der Waals surface area (Å²) in [5.74, 6) is -1.62. The van der Waals surface area contributed by atoms with Crippen LogP contribution in [-0.2, 0) is 10.9 Å². The molecule has 0 aliphatic carbocycles. The van der Waals surface area contributed by atoms with Gasteiger partial charge in [0.05, 0.1) is 5.56 Å². The average molecular weight is 262 g/mol. The van der Waals surface area contributed by atoms with Gasteiger partial charge < -0.3 is 9.84 Å². The minimum atomic E-state index is -4.57. The van der Waals surface area contributed by atoms with Gasteiger partial charge in [-0.1, -0.05) is 0 Å². The van der Waals surface area contributed by atoms with Crippen molar-refractivity contribution in [1.29, 1.82) is 0 Å². The van der Waals surface area contributed by atoms with Crippen molar-refractivity contribution in [2.45, 2.75) is 32.5 Å². The molecule has 3 nitrogen and oxygen atoms in total. The predicted molar refractivity (Wildman–Crippen MR) is 58.3 cm³/mol. The number of alkyl halides is 3. The standard InChI is InChI=1S/C12H13F3O3/c1-11(2,3)18-10(17)8-5-4-7(6-9(8)16)12(13,14)15/h4-6,16H,1-3H3. The highest BCUT2D eigenvalue weighted by atomic mass is 19.4. The lowest BCUT2D eigenvalue weighted by molar-refractivity contribution is -0.137. The normalized spacial score (nSPS) is 12.3. The summed E-state index contributed by atoms with van der Waals surface area (Å²) < 4.78 is 42.0. The molecule has 0 saturated heterocycles. The fourth-order valence-electron chi connectivity index (χ4n) is 1.21. The van der Waals surface area contributed by atoms with Crippen LogP contribution in [-0.4, -0.2) is 16.7 Å². The number of hydrogen-bond acceptors (Lipinski definition) is 3. The number of aromatic hydroxyl groups is 1. The van der Waals surface area contributed by atoms with E-state index in [1.807, 2.05) is 0 Å². The van der Waals surface area contributed by atoms with E-state index in [1.54, 1.807) is 20.8 Å². The number of phenols is 1. The number of carbonyl (C=O) groups is 1. The van der Waals surface area contributed by atoms with Gasteiger partial charge in [-0.15, -0.1) is 0 Å². The number of rotatable bonds is 1. The smallest absolute Gasteiger partial charge is 0.416 e. The molecule has 0 aliphatic rings. The van der Waals surface area contributed by atoms with E-state index in [2.05, 4.69) is 0 Å². The molecule has 100 valence electrons. The first kappa shape index (κ1) is 14.3. The quantitative estimate of drug-likeness (QED) is 0.789. The van der Waals surface area contributed by atoms with E-state index in [1.165, 1.54) is 0 Å². The van der Waals surface area contributed by atoms with Crippen molar-refractivity contribution >= 4 is 5.97 Å². The van der Waals surface area contributed by atoms with Crippen LogP contribution in [0.5, 0.6) is 5.75 Å². The third kappa shape index (κ3) is 3.65. The minimum absolute atomic E-state index is 0.294. The Morgan fingerprint density at radius 3 is 2.17 bits per heavy atom. The maximum atomic E-state index is 12.3. The van der Waals surface area contributed by atoms with Crippen LogP contribution in [0.15, 0.2) is 18.2 Å². The van der Waals surface area contributed by atoms with E-state index in [4.69, 9.17) is 4.74 Å². The van der Waals surface area contributed by atoms with Crippen molar-refractivity contribution in [2.75, 3.05) is 0 Å². The fourth-order valence-corrected chi connectivity index (χ4v) is 1.21. The van der Waals surface area contributed by atoms with E-state index in [-0.39, 0.29) is 5.56 Å². The van der Waals surface area contributed by atoms with Gasteiger partial charge in [-0.2, -0.15) is 13.2 Å². The number of halogens is 3. The monoisotopic (exact) mass is 262 g/mol. The molecule has 0 unspecified atom stereocenters. The Bertz CT molecular complexity index is 459. The highest BCUT2D eigenvalue weighted by Gasteiger charge is 2.32. The van der Waals surface area contributed by atoms with E-state index in [0.29, 0.717) is 6.07 Å². The Hall–Kier alpha value is -1.72. The van der Waals surface area contributed by atoms with Crippen molar-refractivity contribution in [1.82, 2.24) is 0 Å². The largest absolute Gasteiger partial charge is 0.507 e. The van der Waals surface area contributed by atoms with Crippen LogP contribution in [0.3, 0.4) is 0 Å². The van der Waals surface area contributed by atoms with Crippen LogP contribution >= 0.6 is 0 Å². The number of benzene rings is 1. The van der Waals surface area contributed by atoms with Crippen molar-refractivity contribution in [3.8, 4) is 5.75 Å². The highest BCUT2D eigenvalue weighted by Crippen LogP contribution is 2.33. The number of esters is 1. The molecule has 0 radical (unpaired) electrons. The summed E-state index contributed by atoms with van der Waals surface area (Å²) in [4.78, 5) is 11.6. The molecule has 1 aromatic carbocycles. The predicted octanol–water partition coefficient (Wildman–Crippen LogP) is 3.37. The zero-order valence-electron chi connectivity index (χ0n) is 10.1. The summed E-state index contributed by atoms with van der Waals surface area (Å²) in [6.07, 6.45) is -4.57. The third-order valence-electron chi connectivity index (χ3n) is 1.94. The second-order valence-corrected chi connectivity index (χ2v) is 4.73. The SMILES string of the molecule is CC(C)(C)OC(=O)c1ccc(C(F)(F)F)cc1O. The Balaban J connectivity index is 3.03. The van der Waals surface area contributed by atoms with E-state index < -0.39 is 29.1 Å². The van der Waals surface area contributed by atoms with Crippen LogP contribution in [0, 0.1) is 0 Å². The van der Waals surface area contributed by atoms with Gasteiger partial charge in [-0.25, -0.2) is 4.79 Å². The van der Waals surface area contributed by atoms with Gasteiger partial charge in [0.2, 0.25) is 0 Å². The third-order valence-corrected chi connectivity index (χ3v) is 1.94. The van der Waals surface area contributed by atoms with E-state index in [0.717, 1.165) is 12.1 Å². The summed E-state index contributed by atoms with van der Waals surface area (Å²) in [5, 5.41) is 9.42. The first-order chi connectivity index (χ1) is 8.00. The molecule has 0 heterocycles. The van der Waals surface area contributed by atoms with Crippen LogP contribution in [0.2, 0.25) is 0 Å². The van der Waals surface area contributed by atoms with Crippen LogP contribution in [0.4, 0.5) is 13.2 Å². The first-order valence-electron chi connectivity index (χ1n) is 5.14. The van der Waals surface area contributed by atoms with Gasteiger partial charge in [0.25, 0.3) is 0 Å². The molecule has 6 heteroatoms. The van der Waals surface area contributed by atoms with Crippen molar-refractivity contribution in [3.63, 3.8) is 0 Å². The summed E-state index contributed by atoms with van der Waals surface area (Å²) in [5.41, 5.74) is -2.10. The topological polar surface area (TPSA) is 46.5 Å². The lowest BCUT2D eigenvalue weighted by Gasteiger charge is -2.20. The molecule has 0 amide bonds. The highest BCUT2D eigenvalue weighted by molar-refractivity contribution is 5.92. The second kappa shape index (κ2) is 4.51.